The van der Waals surface area contributed by atoms with Crippen LogP contribution < -0.4 is 19.5 Å². The molecule has 3 aromatic carbocycles. The highest BCUT2D eigenvalue weighted by atomic mass is 16.5. The van der Waals surface area contributed by atoms with Crippen LogP contribution in [0.5, 0.6) is 17.2 Å². The second kappa shape index (κ2) is 11.8. The molecule has 3 rings (SSSR count). The number of rotatable bonds is 11. The number of nitrogens with zero attached hydrogens (tertiary/aromatic N) is 1. The first-order valence-electron chi connectivity index (χ1n) is 10.5. The summed E-state index contributed by atoms with van der Waals surface area (Å²) in [7, 11) is 5.57. The normalized spacial score (nSPS) is 10.6. The zero-order chi connectivity index (χ0) is 22.8. The van der Waals surface area contributed by atoms with Gasteiger partial charge in [-0.3, -0.25) is 4.79 Å². The summed E-state index contributed by atoms with van der Waals surface area (Å²) in [5, 5.41) is 2.96. The third-order valence-corrected chi connectivity index (χ3v) is 4.85. The first kappa shape index (κ1) is 23.2. The third-order valence-electron chi connectivity index (χ3n) is 4.85. The summed E-state index contributed by atoms with van der Waals surface area (Å²) >= 11 is 0. The molecule has 0 aliphatic rings. The third kappa shape index (κ3) is 6.75. The minimum atomic E-state index is -0.186. The summed E-state index contributed by atoms with van der Waals surface area (Å²) in [5.41, 5.74) is 2.51. The van der Waals surface area contributed by atoms with Gasteiger partial charge in [0.25, 0.3) is 5.91 Å². The monoisotopic (exact) mass is 434 g/mol. The fourth-order valence-corrected chi connectivity index (χ4v) is 3.07. The van der Waals surface area contributed by atoms with E-state index in [4.69, 9.17) is 14.2 Å². The van der Waals surface area contributed by atoms with Gasteiger partial charge in [0.05, 0.1) is 12.7 Å². The first-order valence-corrected chi connectivity index (χ1v) is 10.5. The Bertz CT molecular complexity index is 1010. The number of likely N-dealkylation sites (N-methyl/N-ethyl adjacent to an activating group) is 1. The number of hydrogen-bond acceptors (Lipinski definition) is 5. The minimum Gasteiger partial charge on any atom is -0.493 e. The van der Waals surface area contributed by atoms with Crippen molar-refractivity contribution < 1.29 is 19.0 Å². The van der Waals surface area contributed by atoms with Gasteiger partial charge in [-0.2, -0.15) is 0 Å². The maximum absolute atomic E-state index is 12.8. The minimum absolute atomic E-state index is 0.186. The van der Waals surface area contributed by atoms with Crippen LogP contribution >= 0.6 is 0 Å². The highest BCUT2D eigenvalue weighted by Crippen LogP contribution is 2.29. The van der Waals surface area contributed by atoms with Crippen LogP contribution in [0.3, 0.4) is 0 Å². The largest absolute Gasteiger partial charge is 0.493 e. The van der Waals surface area contributed by atoms with E-state index in [1.165, 1.54) is 0 Å². The van der Waals surface area contributed by atoms with Gasteiger partial charge in [0.15, 0.2) is 11.5 Å². The van der Waals surface area contributed by atoms with Crippen LogP contribution in [0.15, 0.2) is 72.8 Å². The number of amides is 1. The van der Waals surface area contributed by atoms with Gasteiger partial charge in [-0.15, -0.1) is 0 Å². The summed E-state index contributed by atoms with van der Waals surface area (Å²) in [6.45, 7) is 2.10. The average molecular weight is 435 g/mol. The van der Waals surface area contributed by atoms with Crippen molar-refractivity contribution in [2.24, 2.45) is 0 Å². The molecule has 0 aliphatic carbocycles. The van der Waals surface area contributed by atoms with Gasteiger partial charge in [-0.05, 0) is 49.5 Å². The quantitative estimate of drug-likeness (QED) is 0.491. The van der Waals surface area contributed by atoms with E-state index in [2.05, 4.69) is 5.32 Å². The summed E-state index contributed by atoms with van der Waals surface area (Å²) in [6, 6.07) is 22.9. The van der Waals surface area contributed by atoms with Crippen LogP contribution in [0.25, 0.3) is 0 Å². The standard InChI is InChI=1S/C26H30N2O4/c1-28(2)15-16-31-23-12-8-7-11-22(23)26(29)27-18-21-13-14-24(25(17-21)30-3)32-19-20-9-5-4-6-10-20/h4-14,17H,15-16,18-19H2,1-3H3,(H,27,29). The van der Waals surface area contributed by atoms with Crippen molar-refractivity contribution in [1.29, 1.82) is 0 Å². The number of nitrogens with one attached hydrogen (secondary N) is 1. The van der Waals surface area contributed by atoms with Gasteiger partial charge in [-0.1, -0.05) is 48.5 Å². The summed E-state index contributed by atoms with van der Waals surface area (Å²) in [4.78, 5) is 14.8. The van der Waals surface area contributed by atoms with E-state index < -0.39 is 0 Å². The van der Waals surface area contributed by atoms with E-state index in [-0.39, 0.29) is 5.91 Å². The molecule has 0 aliphatic heterocycles. The van der Waals surface area contributed by atoms with Crippen LogP contribution in [0.2, 0.25) is 0 Å². The molecule has 0 saturated carbocycles. The molecule has 0 unspecified atom stereocenters. The maximum Gasteiger partial charge on any atom is 0.255 e. The van der Waals surface area contributed by atoms with E-state index >= 15 is 0 Å². The predicted molar refractivity (Wildman–Crippen MR) is 125 cm³/mol. The molecule has 0 bridgehead atoms. The summed E-state index contributed by atoms with van der Waals surface area (Å²) < 4.78 is 17.2. The number of para-hydroxylation sites is 1. The molecular weight excluding hydrogens is 404 g/mol. The van der Waals surface area contributed by atoms with Gasteiger partial charge in [0.1, 0.15) is 19.0 Å². The van der Waals surface area contributed by atoms with Gasteiger partial charge >= 0.3 is 0 Å². The fourth-order valence-electron chi connectivity index (χ4n) is 3.07. The molecule has 32 heavy (non-hydrogen) atoms. The van der Waals surface area contributed by atoms with Gasteiger partial charge < -0.3 is 24.4 Å². The molecule has 0 heterocycles. The van der Waals surface area contributed by atoms with Gasteiger partial charge in [-0.25, -0.2) is 0 Å². The molecule has 168 valence electrons. The lowest BCUT2D eigenvalue weighted by atomic mass is 10.1. The zero-order valence-electron chi connectivity index (χ0n) is 18.8. The average Bonchev–Trinajstić information content (AvgIpc) is 2.82. The number of ether oxygens (including phenoxy) is 3. The highest BCUT2D eigenvalue weighted by molar-refractivity contribution is 5.96. The smallest absolute Gasteiger partial charge is 0.255 e. The van der Waals surface area contributed by atoms with Crippen LogP contribution in [-0.2, 0) is 13.2 Å². The van der Waals surface area contributed by atoms with Crippen molar-refractivity contribution in [1.82, 2.24) is 10.2 Å². The Balaban J connectivity index is 1.60. The predicted octanol–water partition coefficient (Wildman–Crippen LogP) is 4.14. The fraction of sp³-hybridized carbons (Fsp3) is 0.269. The lowest BCUT2D eigenvalue weighted by Crippen LogP contribution is -2.24. The van der Waals surface area contributed by atoms with Crippen molar-refractivity contribution in [2.75, 3.05) is 34.4 Å². The number of hydrogen-bond donors (Lipinski definition) is 1. The van der Waals surface area contributed by atoms with Crippen molar-refractivity contribution in [2.45, 2.75) is 13.2 Å². The molecule has 0 radical (unpaired) electrons. The molecule has 0 fully saturated rings. The lowest BCUT2D eigenvalue weighted by Gasteiger charge is -2.15. The molecule has 0 atom stereocenters. The Morgan fingerprint density at radius 3 is 2.34 bits per heavy atom. The van der Waals surface area contributed by atoms with E-state index in [1.54, 1.807) is 13.2 Å². The van der Waals surface area contributed by atoms with Crippen LogP contribution in [-0.4, -0.2) is 45.2 Å². The molecule has 3 aromatic rings. The topological polar surface area (TPSA) is 60.0 Å². The number of carbonyl (C=O) groups is 1. The Kier molecular flexibility index (Phi) is 8.52. The molecule has 0 spiro atoms. The zero-order valence-corrected chi connectivity index (χ0v) is 18.8. The molecule has 0 aromatic heterocycles. The summed E-state index contributed by atoms with van der Waals surface area (Å²) in [6.07, 6.45) is 0. The summed E-state index contributed by atoms with van der Waals surface area (Å²) in [5.74, 6) is 1.68. The number of carbonyl (C=O) groups excluding carboxylic acids is 1. The van der Waals surface area contributed by atoms with Crippen LogP contribution in [0.4, 0.5) is 0 Å². The van der Waals surface area contributed by atoms with Crippen molar-refractivity contribution >= 4 is 5.91 Å². The maximum atomic E-state index is 12.8. The highest BCUT2D eigenvalue weighted by Gasteiger charge is 2.13. The Labute approximate surface area is 189 Å². The van der Waals surface area contributed by atoms with Crippen molar-refractivity contribution in [3.05, 3.63) is 89.5 Å². The molecule has 1 amide bonds. The Morgan fingerprint density at radius 1 is 0.844 bits per heavy atom. The molecular formula is C26H30N2O4. The van der Waals surface area contributed by atoms with Crippen molar-refractivity contribution in [3.8, 4) is 17.2 Å². The Hall–Kier alpha value is -3.51. The second-order valence-corrected chi connectivity index (χ2v) is 7.59. The number of benzene rings is 3. The first-order chi connectivity index (χ1) is 15.6. The van der Waals surface area contributed by atoms with E-state index in [1.807, 2.05) is 85.7 Å². The van der Waals surface area contributed by atoms with Crippen LogP contribution in [0.1, 0.15) is 21.5 Å². The number of methoxy groups -OCH3 is 1. The van der Waals surface area contributed by atoms with Gasteiger partial charge in [0.2, 0.25) is 0 Å². The van der Waals surface area contributed by atoms with Crippen molar-refractivity contribution in [3.63, 3.8) is 0 Å². The Morgan fingerprint density at radius 2 is 1.59 bits per heavy atom. The molecule has 1 N–H and O–H groups in total. The molecule has 6 nitrogen and oxygen atoms in total. The molecule has 6 heteroatoms. The second-order valence-electron chi connectivity index (χ2n) is 7.59. The molecule has 0 saturated heterocycles. The van der Waals surface area contributed by atoms with E-state index in [0.29, 0.717) is 42.6 Å². The van der Waals surface area contributed by atoms with Gasteiger partial charge in [0, 0.05) is 13.1 Å². The van der Waals surface area contributed by atoms with Crippen LogP contribution in [0, 0.1) is 0 Å². The van der Waals surface area contributed by atoms with E-state index in [9.17, 15) is 4.79 Å². The lowest BCUT2D eigenvalue weighted by molar-refractivity contribution is 0.0946. The SMILES string of the molecule is COc1cc(CNC(=O)c2ccccc2OCCN(C)C)ccc1OCc1ccccc1. The van der Waals surface area contributed by atoms with E-state index in [0.717, 1.165) is 17.7 Å².